The van der Waals surface area contributed by atoms with Crippen LogP contribution in [0.3, 0.4) is 0 Å². The molecule has 4 heteroatoms. The van der Waals surface area contributed by atoms with Crippen molar-refractivity contribution in [3.8, 4) is 11.5 Å². The normalized spacial score (nSPS) is 10.3. The first kappa shape index (κ1) is 12.4. The van der Waals surface area contributed by atoms with Crippen molar-refractivity contribution in [1.82, 2.24) is 0 Å². The summed E-state index contributed by atoms with van der Waals surface area (Å²) in [5.74, 6) is 0.204. The van der Waals surface area contributed by atoms with Gasteiger partial charge in [-0.05, 0) is 18.2 Å². The Bertz CT molecular complexity index is 531. The maximum atomic E-state index is 13.7. The van der Waals surface area contributed by atoms with Gasteiger partial charge in [-0.25, -0.2) is 4.39 Å². The minimum Gasteiger partial charge on any atom is -0.454 e. The first-order valence-corrected chi connectivity index (χ1v) is 6.48. The summed E-state index contributed by atoms with van der Waals surface area (Å²) in [7, 11) is 0. The lowest BCUT2D eigenvalue weighted by molar-refractivity contribution is 0.439. The summed E-state index contributed by atoms with van der Waals surface area (Å²) >= 11 is 9.04. The number of rotatable bonds is 3. The summed E-state index contributed by atoms with van der Waals surface area (Å²) < 4.78 is 19.2. The minimum absolute atomic E-state index is 0.0545. The Morgan fingerprint density at radius 3 is 2.53 bits per heavy atom. The van der Waals surface area contributed by atoms with E-state index in [1.165, 1.54) is 6.07 Å². The summed E-state index contributed by atoms with van der Waals surface area (Å²) in [5.41, 5.74) is 0.951. The fraction of sp³-hybridized carbons (Fsp3) is 0.0769. The van der Waals surface area contributed by atoms with Crippen molar-refractivity contribution in [2.24, 2.45) is 0 Å². The number of ether oxygens (including phenoxy) is 1. The molecule has 0 fully saturated rings. The van der Waals surface area contributed by atoms with Gasteiger partial charge in [0.05, 0.1) is 5.02 Å². The van der Waals surface area contributed by atoms with Gasteiger partial charge in [0.15, 0.2) is 11.6 Å². The van der Waals surface area contributed by atoms with E-state index in [0.717, 1.165) is 5.56 Å². The number of para-hydroxylation sites is 1. The van der Waals surface area contributed by atoms with Crippen LogP contribution in [0.15, 0.2) is 42.5 Å². The van der Waals surface area contributed by atoms with E-state index < -0.39 is 5.82 Å². The third-order valence-corrected chi connectivity index (χ3v) is 3.15. The quantitative estimate of drug-likeness (QED) is 0.710. The molecule has 0 saturated carbocycles. The van der Waals surface area contributed by atoms with E-state index >= 15 is 0 Å². The van der Waals surface area contributed by atoms with Crippen LogP contribution in [0.25, 0.3) is 0 Å². The second-order valence-electron chi connectivity index (χ2n) is 3.40. The largest absolute Gasteiger partial charge is 0.454 e. The lowest BCUT2D eigenvalue weighted by Crippen LogP contribution is -1.92. The molecule has 0 aliphatic carbocycles. The molecule has 88 valence electrons. The number of hydrogen-bond donors (Lipinski definition) is 0. The number of benzene rings is 2. The Labute approximate surface area is 112 Å². The smallest absolute Gasteiger partial charge is 0.184 e. The number of halogens is 3. The van der Waals surface area contributed by atoms with Crippen LogP contribution in [0.4, 0.5) is 4.39 Å². The van der Waals surface area contributed by atoms with Gasteiger partial charge in [0.25, 0.3) is 0 Å². The molecule has 2 aromatic rings. The average molecular weight is 316 g/mol. The molecule has 0 bridgehead atoms. The van der Waals surface area contributed by atoms with Gasteiger partial charge in [-0.15, -0.1) is 0 Å². The van der Waals surface area contributed by atoms with Crippen molar-refractivity contribution in [2.75, 3.05) is 0 Å². The highest BCUT2D eigenvalue weighted by atomic mass is 79.9. The molecule has 0 N–H and O–H groups in total. The predicted molar refractivity (Wildman–Crippen MR) is 70.6 cm³/mol. The monoisotopic (exact) mass is 314 g/mol. The van der Waals surface area contributed by atoms with Gasteiger partial charge < -0.3 is 4.74 Å². The molecule has 0 radical (unpaired) electrons. The first-order chi connectivity index (χ1) is 8.22. The molecule has 0 aromatic heterocycles. The third kappa shape index (κ3) is 2.79. The van der Waals surface area contributed by atoms with Gasteiger partial charge in [0.2, 0.25) is 0 Å². The van der Waals surface area contributed by atoms with E-state index in [0.29, 0.717) is 11.1 Å². The average Bonchev–Trinajstić information content (AvgIpc) is 2.35. The SMILES string of the molecule is Fc1c(Cl)cccc1Oc1ccccc1CBr. The lowest BCUT2D eigenvalue weighted by Gasteiger charge is -2.10. The molecule has 0 spiro atoms. The highest BCUT2D eigenvalue weighted by Gasteiger charge is 2.10. The third-order valence-electron chi connectivity index (χ3n) is 2.25. The predicted octanol–water partition coefficient (Wildman–Crippen LogP) is 5.17. The van der Waals surface area contributed by atoms with E-state index in [4.69, 9.17) is 16.3 Å². The molecule has 0 unspecified atom stereocenters. The van der Waals surface area contributed by atoms with Crippen LogP contribution in [-0.2, 0) is 5.33 Å². The van der Waals surface area contributed by atoms with Gasteiger partial charge in [0, 0.05) is 10.9 Å². The van der Waals surface area contributed by atoms with Gasteiger partial charge in [-0.2, -0.15) is 0 Å². The molecule has 0 amide bonds. The summed E-state index contributed by atoms with van der Waals surface area (Å²) in [6.45, 7) is 0. The van der Waals surface area contributed by atoms with E-state index in [-0.39, 0.29) is 10.8 Å². The molecule has 0 aliphatic rings. The molecule has 17 heavy (non-hydrogen) atoms. The van der Waals surface area contributed by atoms with Gasteiger partial charge in [0.1, 0.15) is 5.75 Å². The van der Waals surface area contributed by atoms with Crippen molar-refractivity contribution in [1.29, 1.82) is 0 Å². The highest BCUT2D eigenvalue weighted by Crippen LogP contribution is 2.31. The van der Waals surface area contributed by atoms with E-state index in [1.54, 1.807) is 18.2 Å². The Morgan fingerprint density at radius 1 is 1.06 bits per heavy atom. The van der Waals surface area contributed by atoms with Crippen molar-refractivity contribution in [3.63, 3.8) is 0 Å². The molecular weight excluding hydrogens is 306 g/mol. The maximum absolute atomic E-state index is 13.7. The highest BCUT2D eigenvalue weighted by molar-refractivity contribution is 9.08. The molecule has 2 aromatic carbocycles. The molecule has 0 atom stereocenters. The fourth-order valence-electron chi connectivity index (χ4n) is 1.40. The van der Waals surface area contributed by atoms with Gasteiger partial charge in [-0.1, -0.05) is 51.8 Å². The zero-order chi connectivity index (χ0) is 12.3. The van der Waals surface area contributed by atoms with Gasteiger partial charge >= 0.3 is 0 Å². The topological polar surface area (TPSA) is 9.23 Å². The zero-order valence-electron chi connectivity index (χ0n) is 8.79. The summed E-state index contributed by atoms with van der Waals surface area (Å²) in [6.07, 6.45) is 0. The van der Waals surface area contributed by atoms with Crippen LogP contribution in [-0.4, -0.2) is 0 Å². The van der Waals surface area contributed by atoms with E-state index in [2.05, 4.69) is 15.9 Å². The minimum atomic E-state index is -0.543. The van der Waals surface area contributed by atoms with E-state index in [9.17, 15) is 4.39 Å². The second kappa shape index (κ2) is 5.52. The Morgan fingerprint density at radius 2 is 1.76 bits per heavy atom. The maximum Gasteiger partial charge on any atom is 0.184 e. The summed E-state index contributed by atoms with van der Waals surface area (Å²) in [5, 5.41) is 0.699. The Hall–Kier alpha value is -1.06. The Kier molecular flexibility index (Phi) is 4.02. The second-order valence-corrected chi connectivity index (χ2v) is 4.36. The van der Waals surface area contributed by atoms with Crippen LogP contribution in [0.2, 0.25) is 5.02 Å². The van der Waals surface area contributed by atoms with E-state index in [1.807, 2.05) is 18.2 Å². The van der Waals surface area contributed by atoms with Crippen LogP contribution >= 0.6 is 27.5 Å². The summed E-state index contributed by atoms with van der Waals surface area (Å²) in [6, 6.07) is 12.1. The molecule has 0 aliphatic heterocycles. The standard InChI is InChI=1S/C13H9BrClFO/c14-8-9-4-1-2-6-11(9)17-12-7-3-5-10(15)13(12)16/h1-7H,8H2. The van der Waals surface area contributed by atoms with Crippen LogP contribution in [0.5, 0.6) is 11.5 Å². The van der Waals surface area contributed by atoms with Gasteiger partial charge in [-0.3, -0.25) is 0 Å². The molecule has 1 nitrogen and oxygen atoms in total. The van der Waals surface area contributed by atoms with Crippen molar-refractivity contribution >= 4 is 27.5 Å². The molecule has 0 heterocycles. The zero-order valence-corrected chi connectivity index (χ0v) is 11.1. The molecule has 0 saturated heterocycles. The lowest BCUT2D eigenvalue weighted by atomic mass is 10.2. The van der Waals surface area contributed by atoms with Crippen LogP contribution < -0.4 is 4.74 Å². The number of alkyl halides is 1. The van der Waals surface area contributed by atoms with Crippen molar-refractivity contribution in [3.05, 3.63) is 58.9 Å². The van der Waals surface area contributed by atoms with Crippen LogP contribution in [0, 0.1) is 5.82 Å². The van der Waals surface area contributed by atoms with Crippen molar-refractivity contribution in [2.45, 2.75) is 5.33 Å². The molecular formula is C13H9BrClFO. The Balaban J connectivity index is 2.35. The molecule has 2 rings (SSSR count). The van der Waals surface area contributed by atoms with Crippen LogP contribution in [0.1, 0.15) is 5.56 Å². The fourth-order valence-corrected chi connectivity index (χ4v) is 2.02. The summed E-state index contributed by atoms with van der Waals surface area (Å²) in [4.78, 5) is 0. The van der Waals surface area contributed by atoms with Crippen molar-refractivity contribution < 1.29 is 9.13 Å². The number of hydrogen-bond acceptors (Lipinski definition) is 1. The first-order valence-electron chi connectivity index (χ1n) is 4.98.